The van der Waals surface area contributed by atoms with Gasteiger partial charge in [-0.25, -0.2) is 0 Å². The van der Waals surface area contributed by atoms with E-state index in [2.05, 4.69) is 0 Å². The Morgan fingerprint density at radius 1 is 1.12 bits per heavy atom. The van der Waals surface area contributed by atoms with Crippen LogP contribution in [-0.4, -0.2) is 5.78 Å². The van der Waals surface area contributed by atoms with Crippen molar-refractivity contribution >= 4 is 5.78 Å². The normalized spacial score (nSPS) is 11.2. The second-order valence-corrected chi connectivity index (χ2v) is 1.40. The molecule has 0 spiro atoms. The van der Waals surface area contributed by atoms with Crippen molar-refractivity contribution < 1.29 is 4.79 Å². The maximum absolute atomic E-state index is 10.5. The maximum atomic E-state index is 10.5. The minimum atomic E-state index is 0.0509. The Balaban J connectivity index is 3.66. The van der Waals surface area contributed by atoms with Crippen LogP contribution in [0.3, 0.4) is 0 Å². The summed E-state index contributed by atoms with van der Waals surface area (Å²) in [6.45, 7) is 3.64. The van der Waals surface area contributed by atoms with Crippen LogP contribution in [0.15, 0.2) is 24.3 Å². The summed E-state index contributed by atoms with van der Waals surface area (Å²) in [6, 6.07) is 0. The Hall–Kier alpha value is -0.850. The number of ketones is 1. The fourth-order valence-corrected chi connectivity index (χ4v) is 0.384. The second kappa shape index (κ2) is 4.31. The number of hydrogen-bond donors (Lipinski definition) is 0. The van der Waals surface area contributed by atoms with Crippen molar-refractivity contribution in [1.82, 2.24) is 0 Å². The van der Waals surface area contributed by atoms with Gasteiger partial charge in [0.2, 0.25) is 0 Å². The molecule has 0 saturated heterocycles. The van der Waals surface area contributed by atoms with Gasteiger partial charge >= 0.3 is 0 Å². The van der Waals surface area contributed by atoms with Gasteiger partial charge in [0.25, 0.3) is 0 Å². The topological polar surface area (TPSA) is 17.1 Å². The predicted molar refractivity (Wildman–Crippen MR) is 34.6 cm³/mol. The molecule has 1 nitrogen and oxygen atoms in total. The highest BCUT2D eigenvalue weighted by Gasteiger charge is 1.80. The van der Waals surface area contributed by atoms with Gasteiger partial charge in [0.05, 0.1) is 0 Å². The zero-order chi connectivity index (χ0) is 6.41. The molecular weight excluding hydrogens is 100 g/mol. The van der Waals surface area contributed by atoms with Gasteiger partial charge in [-0.05, 0) is 26.0 Å². The third-order valence-corrected chi connectivity index (χ3v) is 0.662. The summed E-state index contributed by atoms with van der Waals surface area (Å²) in [6.07, 6.45) is 6.50. The Bertz CT molecular complexity index is 106. The molecule has 0 aliphatic heterocycles. The van der Waals surface area contributed by atoms with Crippen molar-refractivity contribution in [3.8, 4) is 0 Å². The second-order valence-electron chi connectivity index (χ2n) is 1.40. The molecule has 0 saturated carbocycles. The summed E-state index contributed by atoms with van der Waals surface area (Å²) >= 11 is 0. The van der Waals surface area contributed by atoms with Crippen LogP contribution >= 0.6 is 0 Å². The van der Waals surface area contributed by atoms with E-state index in [0.29, 0.717) is 0 Å². The lowest BCUT2D eigenvalue weighted by atomic mass is 10.3. The summed E-state index contributed by atoms with van der Waals surface area (Å²) in [7, 11) is 0. The first-order valence-electron chi connectivity index (χ1n) is 2.60. The quantitative estimate of drug-likeness (QED) is 0.494. The van der Waals surface area contributed by atoms with Crippen molar-refractivity contribution in [2.45, 2.75) is 13.8 Å². The van der Waals surface area contributed by atoms with Crippen LogP contribution in [0.5, 0.6) is 0 Å². The Morgan fingerprint density at radius 2 is 1.50 bits per heavy atom. The molecule has 0 heterocycles. The molecule has 1 heteroatoms. The summed E-state index contributed by atoms with van der Waals surface area (Å²) in [5.74, 6) is 0.0509. The van der Waals surface area contributed by atoms with E-state index >= 15 is 0 Å². The first kappa shape index (κ1) is 7.15. The molecule has 0 unspecified atom stereocenters. The molecule has 0 aromatic heterocycles. The molecule has 44 valence electrons. The van der Waals surface area contributed by atoms with Crippen LogP contribution in [-0.2, 0) is 4.79 Å². The molecule has 0 aromatic carbocycles. The summed E-state index contributed by atoms with van der Waals surface area (Å²) in [5, 5.41) is 0. The fraction of sp³-hybridized carbons (Fsp3) is 0.286. The van der Waals surface area contributed by atoms with Gasteiger partial charge in [-0.2, -0.15) is 0 Å². The lowest BCUT2D eigenvalue weighted by Gasteiger charge is -1.75. The average molecular weight is 110 g/mol. The minimum Gasteiger partial charge on any atom is -0.290 e. The van der Waals surface area contributed by atoms with Crippen LogP contribution in [0.1, 0.15) is 13.8 Å². The number of allylic oxidation sites excluding steroid dienone is 4. The summed E-state index contributed by atoms with van der Waals surface area (Å²) in [4.78, 5) is 10.5. The molecular formula is C7H10O. The fourth-order valence-electron chi connectivity index (χ4n) is 0.384. The van der Waals surface area contributed by atoms with E-state index in [-0.39, 0.29) is 5.78 Å². The highest BCUT2D eigenvalue weighted by molar-refractivity contribution is 5.98. The highest BCUT2D eigenvalue weighted by Crippen LogP contribution is 1.78. The van der Waals surface area contributed by atoms with Crippen molar-refractivity contribution in [3.63, 3.8) is 0 Å². The highest BCUT2D eigenvalue weighted by atomic mass is 16.1. The van der Waals surface area contributed by atoms with Crippen LogP contribution < -0.4 is 0 Å². The van der Waals surface area contributed by atoms with Gasteiger partial charge in [0, 0.05) is 0 Å². The molecule has 0 radical (unpaired) electrons. The van der Waals surface area contributed by atoms with E-state index in [9.17, 15) is 4.79 Å². The predicted octanol–water partition coefficient (Wildman–Crippen LogP) is 1.71. The van der Waals surface area contributed by atoms with E-state index < -0.39 is 0 Å². The van der Waals surface area contributed by atoms with E-state index in [1.54, 1.807) is 12.2 Å². The SMILES string of the molecule is C/C=C/C(=O)/C=C/C. The van der Waals surface area contributed by atoms with Crippen LogP contribution in [0.25, 0.3) is 0 Å². The summed E-state index contributed by atoms with van der Waals surface area (Å²) in [5.41, 5.74) is 0. The van der Waals surface area contributed by atoms with E-state index in [0.717, 1.165) is 0 Å². The monoisotopic (exact) mass is 110 g/mol. The third-order valence-electron chi connectivity index (χ3n) is 0.662. The van der Waals surface area contributed by atoms with Crippen molar-refractivity contribution in [2.75, 3.05) is 0 Å². The molecule has 0 N–H and O–H groups in total. The first-order chi connectivity index (χ1) is 3.81. The number of hydrogen-bond acceptors (Lipinski definition) is 1. The lowest BCUT2D eigenvalue weighted by Crippen LogP contribution is -1.81. The van der Waals surface area contributed by atoms with Crippen molar-refractivity contribution in [1.29, 1.82) is 0 Å². The van der Waals surface area contributed by atoms with Crippen molar-refractivity contribution in [2.24, 2.45) is 0 Å². The van der Waals surface area contributed by atoms with Gasteiger partial charge in [0.1, 0.15) is 0 Å². The third kappa shape index (κ3) is 3.34. The molecule has 0 fully saturated rings. The minimum absolute atomic E-state index is 0.0509. The molecule has 0 aromatic rings. The van der Waals surface area contributed by atoms with Gasteiger partial charge in [0.15, 0.2) is 5.78 Å². The van der Waals surface area contributed by atoms with E-state index in [1.807, 2.05) is 13.8 Å². The van der Waals surface area contributed by atoms with Crippen LogP contribution in [0.4, 0.5) is 0 Å². The average Bonchev–Trinajstić information content (AvgIpc) is 1.68. The molecule has 0 amide bonds. The van der Waals surface area contributed by atoms with Crippen LogP contribution in [0.2, 0.25) is 0 Å². The largest absolute Gasteiger partial charge is 0.290 e. The van der Waals surface area contributed by atoms with Crippen molar-refractivity contribution in [3.05, 3.63) is 24.3 Å². The maximum Gasteiger partial charge on any atom is 0.177 e. The Kier molecular flexibility index (Phi) is 3.85. The van der Waals surface area contributed by atoms with Gasteiger partial charge in [-0.15, -0.1) is 0 Å². The zero-order valence-electron chi connectivity index (χ0n) is 5.22. The molecule has 0 rings (SSSR count). The molecule has 0 aliphatic carbocycles. The molecule has 8 heavy (non-hydrogen) atoms. The Morgan fingerprint density at radius 3 is 1.75 bits per heavy atom. The summed E-state index contributed by atoms with van der Waals surface area (Å²) < 4.78 is 0. The van der Waals surface area contributed by atoms with Gasteiger partial charge < -0.3 is 0 Å². The molecule has 0 aliphatic rings. The molecule has 0 atom stereocenters. The lowest BCUT2D eigenvalue weighted by molar-refractivity contribution is -0.110. The zero-order valence-corrected chi connectivity index (χ0v) is 5.22. The van der Waals surface area contributed by atoms with Gasteiger partial charge in [-0.3, -0.25) is 4.79 Å². The number of carbonyl (C=O) groups excluding carboxylic acids is 1. The standard InChI is InChI=1S/C7H10O/c1-3-5-7(8)6-4-2/h3-6H,1-2H3/b5-3+,6-4+. The smallest absolute Gasteiger partial charge is 0.177 e. The number of carbonyl (C=O) groups is 1. The molecule has 0 bridgehead atoms. The van der Waals surface area contributed by atoms with E-state index in [1.165, 1.54) is 12.2 Å². The van der Waals surface area contributed by atoms with Crippen LogP contribution in [0, 0.1) is 0 Å². The van der Waals surface area contributed by atoms with Gasteiger partial charge in [-0.1, -0.05) is 12.2 Å². The first-order valence-corrected chi connectivity index (χ1v) is 2.60. The number of rotatable bonds is 2. The Labute approximate surface area is 49.7 Å². The van der Waals surface area contributed by atoms with E-state index in [4.69, 9.17) is 0 Å².